The SMILES string of the molecule is CC(NC(=O)c1cc(C2CCN(C)CC2)ccc1CCC(=O)NNC(=O)/C=C/C(=O)O)c1cccc2ccccc12. The molecule has 0 aliphatic carbocycles. The van der Waals surface area contributed by atoms with Crippen LogP contribution >= 0.6 is 0 Å². The van der Waals surface area contributed by atoms with Gasteiger partial charge in [0.15, 0.2) is 0 Å². The minimum atomic E-state index is -1.27. The number of carbonyl (C=O) groups excluding carboxylic acids is 3. The zero-order valence-electron chi connectivity index (χ0n) is 23.4. The van der Waals surface area contributed by atoms with Crippen molar-refractivity contribution in [3.05, 3.63) is 95.1 Å². The summed E-state index contributed by atoms with van der Waals surface area (Å²) < 4.78 is 0. The highest BCUT2D eigenvalue weighted by Gasteiger charge is 2.22. The van der Waals surface area contributed by atoms with Gasteiger partial charge in [-0.15, -0.1) is 0 Å². The molecule has 0 saturated carbocycles. The first kappa shape index (κ1) is 29.5. The van der Waals surface area contributed by atoms with Gasteiger partial charge in [0.1, 0.15) is 0 Å². The number of hydrogen-bond acceptors (Lipinski definition) is 5. The average molecular weight is 557 g/mol. The van der Waals surface area contributed by atoms with Crippen molar-refractivity contribution in [2.24, 2.45) is 0 Å². The lowest BCUT2D eigenvalue weighted by Gasteiger charge is -2.29. The van der Waals surface area contributed by atoms with Gasteiger partial charge in [-0.05, 0) is 85.8 Å². The van der Waals surface area contributed by atoms with Gasteiger partial charge >= 0.3 is 5.97 Å². The molecule has 214 valence electrons. The summed E-state index contributed by atoms with van der Waals surface area (Å²) in [6.07, 6.45) is 3.83. The summed E-state index contributed by atoms with van der Waals surface area (Å²) in [6.45, 7) is 3.97. The summed E-state index contributed by atoms with van der Waals surface area (Å²) in [5.41, 5.74) is 7.84. The standard InChI is InChI=1S/C32H36N4O5/c1-21(26-9-5-7-23-6-3-4-8-27(23)26)33-32(41)28-20-25(22-16-18-36(2)19-17-22)11-10-24(28)12-13-29(37)34-35-30(38)14-15-31(39)40/h3-11,14-15,20-22H,12-13,16-19H2,1-2H3,(H,33,41)(H,34,37)(H,35,38)(H,39,40)/b15-14+. The number of fused-ring (bicyclic) bond motifs is 1. The van der Waals surface area contributed by atoms with Crippen LogP contribution < -0.4 is 16.2 Å². The highest BCUT2D eigenvalue weighted by Crippen LogP contribution is 2.30. The van der Waals surface area contributed by atoms with Crippen LogP contribution in [0.5, 0.6) is 0 Å². The number of hydrogen-bond donors (Lipinski definition) is 4. The van der Waals surface area contributed by atoms with E-state index < -0.39 is 17.8 Å². The summed E-state index contributed by atoms with van der Waals surface area (Å²) in [6, 6.07) is 19.8. The van der Waals surface area contributed by atoms with E-state index in [0.29, 0.717) is 17.6 Å². The van der Waals surface area contributed by atoms with Crippen LogP contribution in [-0.4, -0.2) is 53.8 Å². The molecule has 4 rings (SSSR count). The molecule has 1 saturated heterocycles. The molecule has 1 atom stereocenters. The number of likely N-dealkylation sites (tertiary alicyclic amines) is 1. The van der Waals surface area contributed by atoms with Gasteiger partial charge in [-0.2, -0.15) is 0 Å². The predicted octanol–water partition coefficient (Wildman–Crippen LogP) is 3.86. The summed E-state index contributed by atoms with van der Waals surface area (Å²) >= 11 is 0. The molecule has 41 heavy (non-hydrogen) atoms. The Morgan fingerprint density at radius 2 is 1.71 bits per heavy atom. The van der Waals surface area contributed by atoms with Crippen molar-refractivity contribution in [1.82, 2.24) is 21.1 Å². The fourth-order valence-corrected chi connectivity index (χ4v) is 5.23. The van der Waals surface area contributed by atoms with Gasteiger partial charge in [-0.3, -0.25) is 25.2 Å². The fraction of sp³-hybridized carbons (Fsp3) is 0.312. The largest absolute Gasteiger partial charge is 0.478 e. The van der Waals surface area contributed by atoms with E-state index in [1.807, 2.05) is 67.6 Å². The molecular weight excluding hydrogens is 520 g/mol. The van der Waals surface area contributed by atoms with Crippen molar-refractivity contribution < 1.29 is 24.3 Å². The van der Waals surface area contributed by atoms with E-state index in [0.717, 1.165) is 59.5 Å². The number of nitrogens with zero attached hydrogens (tertiary/aromatic N) is 1. The molecule has 0 radical (unpaired) electrons. The molecule has 0 spiro atoms. The summed E-state index contributed by atoms with van der Waals surface area (Å²) in [5, 5.41) is 14.0. The van der Waals surface area contributed by atoms with Gasteiger partial charge < -0.3 is 15.3 Å². The molecule has 3 aromatic rings. The van der Waals surface area contributed by atoms with Crippen molar-refractivity contribution in [3.63, 3.8) is 0 Å². The first-order chi connectivity index (χ1) is 19.7. The van der Waals surface area contributed by atoms with Crippen molar-refractivity contribution in [2.75, 3.05) is 20.1 Å². The smallest absolute Gasteiger partial charge is 0.328 e. The first-order valence-electron chi connectivity index (χ1n) is 13.8. The number of carboxylic acids is 1. The Kier molecular flexibility index (Phi) is 9.86. The average Bonchev–Trinajstić information content (AvgIpc) is 2.97. The molecule has 4 N–H and O–H groups in total. The van der Waals surface area contributed by atoms with Gasteiger partial charge in [0, 0.05) is 24.1 Å². The zero-order chi connectivity index (χ0) is 29.4. The Morgan fingerprint density at radius 3 is 2.46 bits per heavy atom. The molecular formula is C32H36N4O5. The number of benzene rings is 3. The number of amides is 3. The number of aliphatic carboxylic acids is 1. The van der Waals surface area contributed by atoms with Crippen LogP contribution in [0.2, 0.25) is 0 Å². The Balaban J connectivity index is 1.50. The lowest BCUT2D eigenvalue weighted by molar-refractivity contribution is -0.131. The van der Waals surface area contributed by atoms with Crippen LogP contribution in [-0.2, 0) is 20.8 Å². The number of carboxylic acid groups (broad SMARTS) is 1. The minimum absolute atomic E-state index is 0.0235. The molecule has 0 aromatic heterocycles. The lowest BCUT2D eigenvalue weighted by atomic mass is 9.87. The van der Waals surface area contributed by atoms with Crippen LogP contribution in [0, 0.1) is 0 Å². The molecule has 9 heteroatoms. The molecule has 3 aromatic carbocycles. The Hall–Kier alpha value is -4.50. The number of nitrogens with one attached hydrogen (secondary N) is 3. The fourth-order valence-electron chi connectivity index (χ4n) is 5.23. The molecule has 3 amide bonds. The molecule has 9 nitrogen and oxygen atoms in total. The molecule has 1 aliphatic heterocycles. The number of aryl methyl sites for hydroxylation is 1. The second kappa shape index (κ2) is 13.7. The molecule has 1 fully saturated rings. The van der Waals surface area contributed by atoms with Crippen LogP contribution in [0.25, 0.3) is 10.8 Å². The van der Waals surface area contributed by atoms with Crippen molar-refractivity contribution >= 4 is 34.5 Å². The molecule has 1 unspecified atom stereocenters. The van der Waals surface area contributed by atoms with Gasteiger partial charge in [-0.1, -0.05) is 54.6 Å². The number of hydrazine groups is 1. The second-order valence-electron chi connectivity index (χ2n) is 10.5. The van der Waals surface area contributed by atoms with Crippen molar-refractivity contribution in [2.45, 2.75) is 44.6 Å². The van der Waals surface area contributed by atoms with Gasteiger partial charge in [0.2, 0.25) is 5.91 Å². The quantitative estimate of drug-likeness (QED) is 0.234. The van der Waals surface area contributed by atoms with Crippen LogP contribution in [0.3, 0.4) is 0 Å². The normalized spacial score (nSPS) is 15.0. The summed E-state index contributed by atoms with van der Waals surface area (Å²) in [4.78, 5) is 50.6. The van der Waals surface area contributed by atoms with E-state index in [1.54, 1.807) is 0 Å². The van der Waals surface area contributed by atoms with E-state index in [9.17, 15) is 19.2 Å². The van der Waals surface area contributed by atoms with Crippen LogP contribution in [0.15, 0.2) is 72.8 Å². The third-order valence-electron chi connectivity index (χ3n) is 7.53. The second-order valence-corrected chi connectivity index (χ2v) is 10.5. The third-order valence-corrected chi connectivity index (χ3v) is 7.53. The Labute approximate surface area is 239 Å². The molecule has 1 heterocycles. The predicted molar refractivity (Wildman–Crippen MR) is 157 cm³/mol. The topological polar surface area (TPSA) is 128 Å². The highest BCUT2D eigenvalue weighted by atomic mass is 16.4. The summed E-state index contributed by atoms with van der Waals surface area (Å²) in [5.74, 6) is -2.33. The van der Waals surface area contributed by atoms with E-state index in [1.165, 1.54) is 0 Å². The van der Waals surface area contributed by atoms with E-state index in [4.69, 9.17) is 5.11 Å². The van der Waals surface area contributed by atoms with Gasteiger partial charge in [0.25, 0.3) is 11.8 Å². The van der Waals surface area contributed by atoms with Gasteiger partial charge in [0.05, 0.1) is 6.04 Å². The summed E-state index contributed by atoms with van der Waals surface area (Å²) in [7, 11) is 2.11. The van der Waals surface area contributed by atoms with Crippen LogP contribution in [0.4, 0.5) is 0 Å². The molecule has 1 aliphatic rings. The third kappa shape index (κ3) is 8.02. The monoisotopic (exact) mass is 556 g/mol. The maximum absolute atomic E-state index is 13.7. The van der Waals surface area contributed by atoms with E-state index >= 15 is 0 Å². The molecule has 0 bridgehead atoms. The highest BCUT2D eigenvalue weighted by molar-refractivity contribution is 5.97. The van der Waals surface area contributed by atoms with Gasteiger partial charge in [-0.25, -0.2) is 4.79 Å². The lowest BCUT2D eigenvalue weighted by Crippen LogP contribution is -2.41. The number of piperidine rings is 1. The number of carbonyl (C=O) groups is 4. The van der Waals surface area contributed by atoms with Crippen LogP contribution in [0.1, 0.15) is 65.2 Å². The Bertz CT molecular complexity index is 1450. The van der Waals surface area contributed by atoms with E-state index in [2.05, 4.69) is 28.1 Å². The van der Waals surface area contributed by atoms with Crippen molar-refractivity contribution in [1.29, 1.82) is 0 Å². The Morgan fingerprint density at radius 1 is 0.976 bits per heavy atom. The number of rotatable bonds is 9. The first-order valence-corrected chi connectivity index (χ1v) is 13.8. The van der Waals surface area contributed by atoms with E-state index in [-0.39, 0.29) is 24.8 Å². The maximum Gasteiger partial charge on any atom is 0.328 e. The maximum atomic E-state index is 13.7. The minimum Gasteiger partial charge on any atom is -0.478 e. The van der Waals surface area contributed by atoms with Crippen molar-refractivity contribution in [3.8, 4) is 0 Å². The zero-order valence-corrected chi connectivity index (χ0v) is 23.4.